The zero-order valence-electron chi connectivity index (χ0n) is 15.6. The van der Waals surface area contributed by atoms with Crippen molar-refractivity contribution in [3.8, 4) is 0 Å². The highest BCUT2D eigenvalue weighted by molar-refractivity contribution is 9.09. The molecule has 0 spiro atoms. The maximum Gasteiger partial charge on any atom is 0.308 e. The van der Waals surface area contributed by atoms with Crippen LogP contribution in [0.4, 0.5) is 0 Å². The number of alkyl halides is 1. The molecule has 2 saturated carbocycles. The smallest absolute Gasteiger partial charge is 0.308 e. The molecule has 0 saturated heterocycles. The summed E-state index contributed by atoms with van der Waals surface area (Å²) in [6.07, 6.45) is 17.0. The predicted octanol–water partition coefficient (Wildman–Crippen LogP) is 6.51. The van der Waals surface area contributed by atoms with Crippen LogP contribution in [0, 0.1) is 23.7 Å². The van der Waals surface area contributed by atoms with Crippen LogP contribution in [0.5, 0.6) is 0 Å². The van der Waals surface area contributed by atoms with Gasteiger partial charge in [-0.25, -0.2) is 0 Å². The average molecular weight is 401 g/mol. The summed E-state index contributed by atoms with van der Waals surface area (Å²) < 4.78 is 5.39. The van der Waals surface area contributed by atoms with Gasteiger partial charge < -0.3 is 4.74 Å². The molecule has 140 valence electrons. The van der Waals surface area contributed by atoms with Crippen LogP contribution in [0.25, 0.3) is 0 Å². The van der Waals surface area contributed by atoms with Crippen molar-refractivity contribution < 1.29 is 9.53 Å². The normalized spacial score (nSPS) is 30.9. The summed E-state index contributed by atoms with van der Waals surface area (Å²) in [5, 5.41) is 0.911. The molecule has 0 aliphatic heterocycles. The topological polar surface area (TPSA) is 26.3 Å². The Morgan fingerprint density at radius 1 is 0.917 bits per heavy atom. The van der Waals surface area contributed by atoms with E-state index < -0.39 is 0 Å². The molecule has 0 amide bonds. The second-order valence-electron chi connectivity index (χ2n) is 8.10. The lowest BCUT2D eigenvalue weighted by atomic mass is 9.68. The number of carbonyl (C=O) groups excluding carboxylic acids is 1. The Hall–Kier alpha value is -0.0500. The van der Waals surface area contributed by atoms with Gasteiger partial charge in [0.1, 0.15) is 0 Å². The second-order valence-corrected chi connectivity index (χ2v) is 8.89. The van der Waals surface area contributed by atoms with E-state index in [2.05, 4.69) is 22.9 Å². The summed E-state index contributed by atoms with van der Waals surface area (Å²) in [6, 6.07) is 0. The maximum absolute atomic E-state index is 12.1. The standard InChI is InChI=1S/C21H37BrO2/c1-2-3-4-6-17-7-9-18(10-8-17)19-11-13-20(14-12-19)21(23)24-16-5-15-22/h17-20H,2-16H2,1H3. The highest BCUT2D eigenvalue weighted by Gasteiger charge is 2.33. The van der Waals surface area contributed by atoms with E-state index in [1.165, 1.54) is 64.2 Å². The molecule has 0 aromatic heterocycles. The molecule has 3 heteroatoms. The number of carbonyl (C=O) groups is 1. The first-order chi connectivity index (χ1) is 11.7. The second kappa shape index (κ2) is 11.5. The van der Waals surface area contributed by atoms with Gasteiger partial charge in [0.15, 0.2) is 0 Å². The number of halogens is 1. The van der Waals surface area contributed by atoms with Crippen LogP contribution < -0.4 is 0 Å². The van der Waals surface area contributed by atoms with Gasteiger partial charge in [-0.3, -0.25) is 4.79 Å². The van der Waals surface area contributed by atoms with E-state index >= 15 is 0 Å². The molecule has 2 aliphatic rings. The molecule has 2 aliphatic carbocycles. The van der Waals surface area contributed by atoms with Crippen molar-refractivity contribution in [1.29, 1.82) is 0 Å². The van der Waals surface area contributed by atoms with Crippen LogP contribution in [0.15, 0.2) is 0 Å². The van der Waals surface area contributed by atoms with Crippen molar-refractivity contribution in [3.05, 3.63) is 0 Å². The van der Waals surface area contributed by atoms with Gasteiger partial charge in [-0.15, -0.1) is 0 Å². The molecule has 0 N–H and O–H groups in total. The molecule has 0 radical (unpaired) electrons. The lowest BCUT2D eigenvalue weighted by molar-refractivity contribution is -0.150. The zero-order chi connectivity index (χ0) is 17.2. The minimum Gasteiger partial charge on any atom is -0.465 e. The molecular weight excluding hydrogens is 364 g/mol. The van der Waals surface area contributed by atoms with Crippen LogP contribution in [0.2, 0.25) is 0 Å². The lowest BCUT2D eigenvalue weighted by Crippen LogP contribution is -2.29. The third kappa shape index (κ3) is 6.69. The SMILES string of the molecule is CCCCCC1CCC(C2CCC(C(=O)OCCCBr)CC2)CC1. The van der Waals surface area contributed by atoms with Crippen molar-refractivity contribution in [2.24, 2.45) is 23.7 Å². The van der Waals surface area contributed by atoms with Crippen LogP contribution >= 0.6 is 15.9 Å². The van der Waals surface area contributed by atoms with Crippen molar-refractivity contribution in [2.75, 3.05) is 11.9 Å². The molecule has 0 aromatic rings. The third-order valence-electron chi connectivity index (χ3n) is 6.40. The fourth-order valence-corrected chi connectivity index (χ4v) is 5.03. The van der Waals surface area contributed by atoms with Gasteiger partial charge in [0.25, 0.3) is 0 Å². The van der Waals surface area contributed by atoms with Crippen LogP contribution in [0.1, 0.15) is 90.4 Å². The Labute approximate surface area is 157 Å². The average Bonchev–Trinajstić information content (AvgIpc) is 2.63. The predicted molar refractivity (Wildman–Crippen MR) is 104 cm³/mol. The van der Waals surface area contributed by atoms with E-state index in [9.17, 15) is 4.79 Å². The minimum absolute atomic E-state index is 0.0639. The molecule has 0 heterocycles. The Balaban J connectivity index is 1.62. The summed E-state index contributed by atoms with van der Waals surface area (Å²) in [5.74, 6) is 3.08. The molecule has 0 aromatic carbocycles. The lowest BCUT2D eigenvalue weighted by Gasteiger charge is -2.37. The van der Waals surface area contributed by atoms with Gasteiger partial charge >= 0.3 is 5.97 Å². The monoisotopic (exact) mass is 400 g/mol. The fraction of sp³-hybridized carbons (Fsp3) is 0.952. The molecule has 0 unspecified atom stereocenters. The first kappa shape index (κ1) is 20.3. The Morgan fingerprint density at radius 3 is 2.12 bits per heavy atom. The molecule has 2 fully saturated rings. The zero-order valence-corrected chi connectivity index (χ0v) is 17.2. The number of esters is 1. The Morgan fingerprint density at radius 2 is 1.54 bits per heavy atom. The molecular formula is C21H37BrO2. The van der Waals surface area contributed by atoms with Gasteiger partial charge in [-0.1, -0.05) is 61.4 Å². The van der Waals surface area contributed by atoms with Gasteiger partial charge in [0.2, 0.25) is 0 Å². The summed E-state index contributed by atoms with van der Waals surface area (Å²) >= 11 is 3.38. The largest absolute Gasteiger partial charge is 0.465 e. The summed E-state index contributed by atoms with van der Waals surface area (Å²) in [6.45, 7) is 2.87. The minimum atomic E-state index is 0.0639. The van der Waals surface area contributed by atoms with E-state index in [1.807, 2.05) is 0 Å². The number of ether oxygens (including phenoxy) is 1. The van der Waals surface area contributed by atoms with E-state index in [0.717, 1.165) is 42.3 Å². The molecule has 2 nitrogen and oxygen atoms in total. The highest BCUT2D eigenvalue weighted by atomic mass is 79.9. The maximum atomic E-state index is 12.1. The van der Waals surface area contributed by atoms with Crippen LogP contribution in [-0.4, -0.2) is 17.9 Å². The fourth-order valence-electron chi connectivity index (χ4n) is 4.80. The highest BCUT2D eigenvalue weighted by Crippen LogP contribution is 2.42. The van der Waals surface area contributed by atoms with Crippen LogP contribution in [0.3, 0.4) is 0 Å². The van der Waals surface area contributed by atoms with E-state index in [4.69, 9.17) is 4.74 Å². The summed E-state index contributed by atoms with van der Waals surface area (Å²) in [7, 11) is 0. The summed E-state index contributed by atoms with van der Waals surface area (Å²) in [5.41, 5.74) is 0. The molecule has 0 atom stereocenters. The van der Waals surface area contributed by atoms with E-state index in [-0.39, 0.29) is 11.9 Å². The summed E-state index contributed by atoms with van der Waals surface area (Å²) in [4.78, 5) is 12.1. The first-order valence-corrected chi connectivity index (χ1v) is 11.6. The number of unbranched alkanes of at least 4 members (excludes halogenated alkanes) is 2. The van der Waals surface area contributed by atoms with Crippen molar-refractivity contribution in [3.63, 3.8) is 0 Å². The Bertz CT molecular complexity index is 342. The third-order valence-corrected chi connectivity index (χ3v) is 6.96. The van der Waals surface area contributed by atoms with Gasteiger partial charge in [0, 0.05) is 5.33 Å². The van der Waals surface area contributed by atoms with E-state index in [1.54, 1.807) is 0 Å². The quantitative estimate of drug-likeness (QED) is 0.250. The van der Waals surface area contributed by atoms with Gasteiger partial charge in [0.05, 0.1) is 12.5 Å². The number of hydrogen-bond acceptors (Lipinski definition) is 2. The van der Waals surface area contributed by atoms with Crippen molar-refractivity contribution in [2.45, 2.75) is 90.4 Å². The molecule has 0 bridgehead atoms. The molecule has 2 rings (SSSR count). The Kier molecular flexibility index (Phi) is 9.75. The van der Waals surface area contributed by atoms with E-state index in [0.29, 0.717) is 6.61 Å². The number of hydrogen-bond donors (Lipinski definition) is 0. The van der Waals surface area contributed by atoms with Gasteiger partial charge in [-0.05, 0) is 62.7 Å². The molecule has 24 heavy (non-hydrogen) atoms. The van der Waals surface area contributed by atoms with Crippen molar-refractivity contribution in [1.82, 2.24) is 0 Å². The van der Waals surface area contributed by atoms with Crippen LogP contribution in [-0.2, 0) is 9.53 Å². The van der Waals surface area contributed by atoms with Crippen molar-refractivity contribution >= 4 is 21.9 Å². The number of rotatable bonds is 9. The first-order valence-electron chi connectivity index (χ1n) is 10.5. The van der Waals surface area contributed by atoms with Gasteiger partial charge in [-0.2, -0.15) is 0 Å².